The number of rotatable bonds is 5. The number of ether oxygens (including phenoxy) is 1. The molecule has 130 valence electrons. The molecule has 0 bridgehead atoms. The van der Waals surface area contributed by atoms with Crippen LogP contribution in [0.1, 0.15) is 18.9 Å². The predicted molar refractivity (Wildman–Crippen MR) is 100 cm³/mol. The van der Waals surface area contributed by atoms with E-state index in [1.54, 1.807) is 48.4 Å². The molecule has 1 N–H and O–H groups in total. The van der Waals surface area contributed by atoms with Crippen molar-refractivity contribution in [3.8, 4) is 5.75 Å². The number of methoxy groups -OCH3 is 1. The molecule has 1 fully saturated rings. The standard InChI is InChI=1S/C19H20N2O3S/c1-3-12-20-18(25)21(15-9-5-4-6-10-15)17(22)19(20,23)14-8-7-11-16(13-14)24-2/h4-11,13,23H,3,12H2,1-2H3/t19-/m0/s1. The van der Waals surface area contributed by atoms with Gasteiger partial charge in [-0.05, 0) is 42.9 Å². The normalized spacial score (nSPS) is 20.3. The molecular formula is C19H20N2O3S. The van der Waals surface area contributed by atoms with Crippen molar-refractivity contribution in [3.05, 3.63) is 60.2 Å². The number of aliphatic hydroxyl groups is 1. The summed E-state index contributed by atoms with van der Waals surface area (Å²) in [7, 11) is 1.55. The average molecular weight is 356 g/mol. The molecule has 0 radical (unpaired) electrons. The van der Waals surface area contributed by atoms with Crippen LogP contribution in [0.3, 0.4) is 0 Å². The van der Waals surface area contributed by atoms with E-state index in [2.05, 4.69) is 0 Å². The van der Waals surface area contributed by atoms with Crippen LogP contribution in [0.2, 0.25) is 0 Å². The van der Waals surface area contributed by atoms with E-state index < -0.39 is 11.6 Å². The Morgan fingerprint density at radius 2 is 1.88 bits per heavy atom. The number of amides is 1. The third-order valence-electron chi connectivity index (χ3n) is 4.25. The van der Waals surface area contributed by atoms with E-state index in [-0.39, 0.29) is 0 Å². The van der Waals surface area contributed by atoms with Crippen LogP contribution in [0.4, 0.5) is 5.69 Å². The molecule has 3 rings (SSSR count). The molecule has 5 nitrogen and oxygen atoms in total. The van der Waals surface area contributed by atoms with Gasteiger partial charge in [0.1, 0.15) is 5.75 Å². The molecule has 0 saturated carbocycles. The number of hydrogen-bond acceptors (Lipinski definition) is 4. The van der Waals surface area contributed by atoms with Gasteiger partial charge in [0.15, 0.2) is 5.11 Å². The first kappa shape index (κ1) is 17.4. The fraction of sp³-hybridized carbons (Fsp3) is 0.263. The molecule has 0 spiro atoms. The summed E-state index contributed by atoms with van der Waals surface area (Å²) in [5, 5.41) is 11.7. The first-order chi connectivity index (χ1) is 12.0. The van der Waals surface area contributed by atoms with Crippen molar-refractivity contribution >= 4 is 28.9 Å². The highest BCUT2D eigenvalue weighted by Crippen LogP contribution is 2.38. The average Bonchev–Trinajstić information content (AvgIpc) is 2.84. The lowest BCUT2D eigenvalue weighted by Gasteiger charge is -2.31. The van der Waals surface area contributed by atoms with Crippen LogP contribution in [0.5, 0.6) is 5.75 Å². The third-order valence-corrected chi connectivity index (χ3v) is 4.65. The van der Waals surface area contributed by atoms with Crippen molar-refractivity contribution in [3.63, 3.8) is 0 Å². The van der Waals surface area contributed by atoms with Gasteiger partial charge < -0.3 is 14.7 Å². The highest BCUT2D eigenvalue weighted by molar-refractivity contribution is 7.80. The molecule has 1 aliphatic rings. The van der Waals surface area contributed by atoms with Crippen LogP contribution in [-0.4, -0.2) is 34.7 Å². The molecule has 0 unspecified atom stereocenters. The number of para-hydroxylation sites is 1. The van der Waals surface area contributed by atoms with Gasteiger partial charge in [0.25, 0.3) is 5.91 Å². The highest BCUT2D eigenvalue weighted by atomic mass is 32.1. The molecule has 2 aromatic carbocycles. The van der Waals surface area contributed by atoms with Gasteiger partial charge >= 0.3 is 0 Å². The first-order valence-electron chi connectivity index (χ1n) is 8.12. The van der Waals surface area contributed by atoms with E-state index in [9.17, 15) is 9.90 Å². The maximum atomic E-state index is 13.2. The smallest absolute Gasteiger partial charge is 0.291 e. The summed E-state index contributed by atoms with van der Waals surface area (Å²) in [5.74, 6) is 0.0876. The van der Waals surface area contributed by atoms with E-state index >= 15 is 0 Å². The first-order valence-corrected chi connectivity index (χ1v) is 8.53. The van der Waals surface area contributed by atoms with Gasteiger partial charge in [0.2, 0.25) is 5.72 Å². The number of carbonyl (C=O) groups excluding carboxylic acids is 1. The number of benzene rings is 2. The van der Waals surface area contributed by atoms with Gasteiger partial charge in [0.05, 0.1) is 12.8 Å². The van der Waals surface area contributed by atoms with Crippen molar-refractivity contribution in [2.75, 3.05) is 18.6 Å². The molecule has 0 aliphatic carbocycles. The van der Waals surface area contributed by atoms with Gasteiger partial charge in [-0.15, -0.1) is 0 Å². The molecule has 1 atom stereocenters. The van der Waals surface area contributed by atoms with Crippen LogP contribution in [-0.2, 0) is 10.5 Å². The van der Waals surface area contributed by atoms with Crippen LogP contribution in [0.15, 0.2) is 54.6 Å². The number of carbonyl (C=O) groups is 1. The summed E-state index contributed by atoms with van der Waals surface area (Å²) in [6.45, 7) is 2.44. The summed E-state index contributed by atoms with van der Waals surface area (Å²) in [6, 6.07) is 16.0. The predicted octanol–water partition coefficient (Wildman–Crippen LogP) is 2.88. The molecule has 2 aromatic rings. The lowest BCUT2D eigenvalue weighted by Crippen LogP contribution is -2.47. The second kappa shape index (κ2) is 6.82. The molecule has 6 heteroatoms. The summed E-state index contributed by atoms with van der Waals surface area (Å²) in [5.41, 5.74) is -0.777. The molecule has 1 heterocycles. The second-order valence-corrected chi connectivity index (χ2v) is 6.18. The largest absolute Gasteiger partial charge is 0.497 e. The fourth-order valence-corrected chi connectivity index (χ4v) is 3.43. The van der Waals surface area contributed by atoms with Crippen molar-refractivity contribution in [2.45, 2.75) is 19.1 Å². The van der Waals surface area contributed by atoms with Gasteiger partial charge in [-0.1, -0.05) is 37.3 Å². The number of hydrogen-bond donors (Lipinski definition) is 1. The Morgan fingerprint density at radius 1 is 1.16 bits per heavy atom. The second-order valence-electron chi connectivity index (χ2n) is 5.81. The van der Waals surface area contributed by atoms with Crippen LogP contribution in [0.25, 0.3) is 0 Å². The lowest BCUT2D eigenvalue weighted by molar-refractivity contribution is -0.147. The number of anilines is 1. The zero-order chi connectivity index (χ0) is 18.0. The lowest BCUT2D eigenvalue weighted by atomic mass is 10.0. The molecule has 25 heavy (non-hydrogen) atoms. The van der Waals surface area contributed by atoms with E-state index in [1.165, 1.54) is 4.90 Å². The minimum Gasteiger partial charge on any atom is -0.497 e. The SMILES string of the molecule is CCCN1C(=S)N(c2ccccc2)C(=O)[C@@]1(O)c1cccc(OC)c1. The molecule has 1 aliphatic heterocycles. The van der Waals surface area contributed by atoms with Crippen LogP contribution < -0.4 is 9.64 Å². The summed E-state index contributed by atoms with van der Waals surface area (Å²) < 4.78 is 5.24. The Labute approximate surface area is 152 Å². The molecule has 1 amide bonds. The zero-order valence-electron chi connectivity index (χ0n) is 14.2. The topological polar surface area (TPSA) is 53.0 Å². The van der Waals surface area contributed by atoms with Crippen molar-refractivity contribution in [1.82, 2.24) is 4.90 Å². The zero-order valence-corrected chi connectivity index (χ0v) is 15.0. The number of nitrogens with zero attached hydrogens (tertiary/aromatic N) is 2. The minimum atomic E-state index is -1.85. The maximum Gasteiger partial charge on any atom is 0.291 e. The van der Waals surface area contributed by atoms with Crippen LogP contribution >= 0.6 is 12.2 Å². The molecular weight excluding hydrogens is 336 g/mol. The van der Waals surface area contributed by atoms with Gasteiger partial charge in [-0.2, -0.15) is 0 Å². The van der Waals surface area contributed by atoms with E-state index in [1.807, 2.05) is 25.1 Å². The summed E-state index contributed by atoms with van der Waals surface area (Å²) >= 11 is 5.54. The van der Waals surface area contributed by atoms with Crippen molar-refractivity contribution in [2.24, 2.45) is 0 Å². The Hall–Kier alpha value is -2.44. The maximum absolute atomic E-state index is 13.2. The van der Waals surface area contributed by atoms with E-state index in [4.69, 9.17) is 17.0 Å². The summed E-state index contributed by atoms with van der Waals surface area (Å²) in [4.78, 5) is 16.2. The van der Waals surface area contributed by atoms with Gasteiger partial charge in [-0.25, -0.2) is 0 Å². The third kappa shape index (κ3) is 2.77. The monoisotopic (exact) mass is 356 g/mol. The van der Waals surface area contributed by atoms with E-state index in [0.29, 0.717) is 28.7 Å². The Bertz CT molecular complexity index is 796. The fourth-order valence-electron chi connectivity index (χ4n) is 3.02. The van der Waals surface area contributed by atoms with E-state index in [0.717, 1.165) is 6.42 Å². The highest BCUT2D eigenvalue weighted by Gasteiger charge is 2.56. The summed E-state index contributed by atoms with van der Waals surface area (Å²) in [6.07, 6.45) is 0.738. The van der Waals surface area contributed by atoms with Crippen molar-refractivity contribution in [1.29, 1.82) is 0 Å². The Morgan fingerprint density at radius 3 is 2.52 bits per heavy atom. The molecule has 0 aromatic heterocycles. The van der Waals surface area contributed by atoms with Gasteiger partial charge in [-0.3, -0.25) is 9.69 Å². The number of thiocarbonyl (C=S) groups is 1. The minimum absolute atomic E-state index is 0.295. The Kier molecular flexibility index (Phi) is 4.74. The van der Waals surface area contributed by atoms with Crippen LogP contribution in [0, 0.1) is 0 Å². The molecule has 1 saturated heterocycles. The Balaban J connectivity index is 2.12. The van der Waals surface area contributed by atoms with Crippen molar-refractivity contribution < 1.29 is 14.6 Å². The van der Waals surface area contributed by atoms with Gasteiger partial charge in [0, 0.05) is 12.1 Å². The quantitative estimate of drug-likeness (QED) is 0.835.